The predicted octanol–water partition coefficient (Wildman–Crippen LogP) is 2.12. The molecule has 0 amide bonds. The van der Waals surface area contributed by atoms with Crippen LogP contribution in [0.4, 0.5) is 0 Å². The summed E-state index contributed by atoms with van der Waals surface area (Å²) in [6, 6.07) is 0.618. The van der Waals surface area contributed by atoms with Crippen molar-refractivity contribution in [3.8, 4) is 0 Å². The minimum Gasteiger partial charge on any atom is -0.362 e. The van der Waals surface area contributed by atoms with Gasteiger partial charge in [0, 0.05) is 19.1 Å². The molecule has 4 heteroatoms. The van der Waals surface area contributed by atoms with Crippen molar-refractivity contribution in [1.29, 1.82) is 0 Å². The van der Waals surface area contributed by atoms with Crippen LogP contribution in [0.2, 0.25) is 0 Å². The van der Waals surface area contributed by atoms with Crippen molar-refractivity contribution in [2.75, 3.05) is 26.7 Å². The monoisotopic (exact) mass is 269 g/mol. The molecular weight excluding hydrogens is 242 g/mol. The van der Waals surface area contributed by atoms with E-state index < -0.39 is 0 Å². The van der Waals surface area contributed by atoms with Gasteiger partial charge in [0.05, 0.1) is 0 Å². The Morgan fingerprint density at radius 2 is 1.94 bits per heavy atom. The molecule has 0 bridgehead atoms. The van der Waals surface area contributed by atoms with Gasteiger partial charge in [-0.15, -0.1) is 0 Å². The summed E-state index contributed by atoms with van der Waals surface area (Å²) in [4.78, 5) is 2.42. The molecule has 18 heavy (non-hydrogen) atoms. The molecule has 2 rings (SSSR count). The number of nitrogens with one attached hydrogen (secondary N) is 2. The fourth-order valence-electron chi connectivity index (χ4n) is 3.16. The standard InChI is InChI=1S/C14H27N3S/c1-17-9-5-6-12(11-17)10-15-14(18)16-13-7-3-2-4-8-13/h12-13H,2-11H2,1H3,(H2,15,16,18). The number of thiocarbonyl (C=S) groups is 1. The fraction of sp³-hybridized carbons (Fsp3) is 0.929. The molecular formula is C14H27N3S. The van der Waals surface area contributed by atoms with E-state index in [1.165, 1.54) is 58.0 Å². The molecule has 104 valence electrons. The molecule has 2 fully saturated rings. The van der Waals surface area contributed by atoms with Crippen LogP contribution in [0.15, 0.2) is 0 Å². The van der Waals surface area contributed by atoms with Crippen LogP contribution in [-0.4, -0.2) is 42.7 Å². The normalized spacial score (nSPS) is 26.8. The van der Waals surface area contributed by atoms with E-state index in [9.17, 15) is 0 Å². The van der Waals surface area contributed by atoms with Crippen LogP contribution >= 0.6 is 12.2 Å². The molecule has 1 saturated carbocycles. The highest BCUT2D eigenvalue weighted by Crippen LogP contribution is 2.17. The summed E-state index contributed by atoms with van der Waals surface area (Å²) in [6.07, 6.45) is 9.34. The highest BCUT2D eigenvalue weighted by molar-refractivity contribution is 7.80. The van der Waals surface area contributed by atoms with Crippen molar-refractivity contribution in [3.05, 3.63) is 0 Å². The van der Waals surface area contributed by atoms with Crippen LogP contribution < -0.4 is 10.6 Å². The van der Waals surface area contributed by atoms with Gasteiger partial charge < -0.3 is 15.5 Å². The zero-order chi connectivity index (χ0) is 12.8. The molecule has 1 saturated heterocycles. The summed E-state index contributed by atoms with van der Waals surface area (Å²) in [5.41, 5.74) is 0. The molecule has 0 spiro atoms. The van der Waals surface area contributed by atoms with Gasteiger partial charge in [-0.05, 0) is 57.4 Å². The van der Waals surface area contributed by atoms with E-state index in [0.717, 1.165) is 17.6 Å². The van der Waals surface area contributed by atoms with Gasteiger partial charge in [-0.3, -0.25) is 0 Å². The Balaban J connectivity index is 1.61. The van der Waals surface area contributed by atoms with Crippen molar-refractivity contribution in [1.82, 2.24) is 15.5 Å². The van der Waals surface area contributed by atoms with Gasteiger partial charge in [0.2, 0.25) is 0 Å². The summed E-state index contributed by atoms with van der Waals surface area (Å²) in [5, 5.41) is 7.76. The lowest BCUT2D eigenvalue weighted by Gasteiger charge is -2.30. The summed E-state index contributed by atoms with van der Waals surface area (Å²) in [5.74, 6) is 0.759. The average Bonchev–Trinajstić information content (AvgIpc) is 2.38. The number of hydrogen-bond donors (Lipinski definition) is 2. The first-order chi connectivity index (χ1) is 8.74. The van der Waals surface area contributed by atoms with E-state index in [2.05, 4.69) is 22.6 Å². The zero-order valence-electron chi connectivity index (χ0n) is 11.6. The van der Waals surface area contributed by atoms with Crippen LogP contribution in [0.1, 0.15) is 44.9 Å². The average molecular weight is 269 g/mol. The Bertz CT molecular complexity index is 264. The van der Waals surface area contributed by atoms with Gasteiger partial charge >= 0.3 is 0 Å². The minimum atomic E-state index is 0.618. The first-order valence-corrected chi connectivity index (χ1v) is 7.88. The smallest absolute Gasteiger partial charge is 0.166 e. The maximum atomic E-state index is 5.40. The maximum absolute atomic E-state index is 5.40. The quantitative estimate of drug-likeness (QED) is 0.768. The Morgan fingerprint density at radius 3 is 2.67 bits per heavy atom. The Hall–Kier alpha value is -0.350. The summed E-state index contributed by atoms with van der Waals surface area (Å²) >= 11 is 5.40. The first kappa shape index (κ1) is 14.1. The molecule has 0 radical (unpaired) electrons. The molecule has 2 aliphatic rings. The molecule has 0 aromatic rings. The second-order valence-corrected chi connectivity index (χ2v) is 6.37. The van der Waals surface area contributed by atoms with Gasteiger partial charge in [-0.25, -0.2) is 0 Å². The summed E-state index contributed by atoms with van der Waals surface area (Å²) in [6.45, 7) is 3.49. The largest absolute Gasteiger partial charge is 0.362 e. The molecule has 1 aliphatic carbocycles. The predicted molar refractivity (Wildman–Crippen MR) is 80.8 cm³/mol. The molecule has 3 nitrogen and oxygen atoms in total. The lowest BCUT2D eigenvalue weighted by Crippen LogP contribution is -2.46. The van der Waals surface area contributed by atoms with Crippen molar-refractivity contribution < 1.29 is 0 Å². The molecule has 1 aliphatic heterocycles. The van der Waals surface area contributed by atoms with Gasteiger partial charge in [0.15, 0.2) is 5.11 Å². The van der Waals surface area contributed by atoms with Gasteiger partial charge in [0.1, 0.15) is 0 Å². The van der Waals surface area contributed by atoms with E-state index in [4.69, 9.17) is 12.2 Å². The van der Waals surface area contributed by atoms with E-state index in [1.807, 2.05) is 0 Å². The van der Waals surface area contributed by atoms with Crippen molar-refractivity contribution >= 4 is 17.3 Å². The Morgan fingerprint density at radius 1 is 1.17 bits per heavy atom. The number of hydrogen-bond acceptors (Lipinski definition) is 2. The lowest BCUT2D eigenvalue weighted by molar-refractivity contribution is 0.210. The number of nitrogens with zero attached hydrogens (tertiary/aromatic N) is 1. The first-order valence-electron chi connectivity index (χ1n) is 7.47. The third kappa shape index (κ3) is 4.73. The zero-order valence-corrected chi connectivity index (χ0v) is 12.4. The number of rotatable bonds is 3. The second-order valence-electron chi connectivity index (χ2n) is 5.96. The topological polar surface area (TPSA) is 27.3 Å². The molecule has 2 N–H and O–H groups in total. The van der Waals surface area contributed by atoms with E-state index >= 15 is 0 Å². The van der Waals surface area contributed by atoms with Crippen LogP contribution in [0.5, 0.6) is 0 Å². The van der Waals surface area contributed by atoms with Crippen LogP contribution in [-0.2, 0) is 0 Å². The Labute approximate surface area is 117 Å². The van der Waals surface area contributed by atoms with Crippen molar-refractivity contribution in [2.24, 2.45) is 5.92 Å². The van der Waals surface area contributed by atoms with Crippen LogP contribution in [0.3, 0.4) is 0 Å². The minimum absolute atomic E-state index is 0.618. The highest BCUT2D eigenvalue weighted by atomic mass is 32.1. The fourth-order valence-corrected chi connectivity index (χ4v) is 3.41. The van der Waals surface area contributed by atoms with E-state index in [1.54, 1.807) is 0 Å². The summed E-state index contributed by atoms with van der Waals surface area (Å²) in [7, 11) is 2.21. The van der Waals surface area contributed by atoms with Gasteiger partial charge in [0.25, 0.3) is 0 Å². The maximum Gasteiger partial charge on any atom is 0.166 e. The summed E-state index contributed by atoms with van der Waals surface area (Å²) < 4.78 is 0. The molecule has 0 aromatic carbocycles. The SMILES string of the molecule is CN1CCCC(CNC(=S)NC2CCCCC2)C1. The number of piperidine rings is 1. The highest BCUT2D eigenvalue weighted by Gasteiger charge is 2.18. The number of likely N-dealkylation sites (tertiary alicyclic amines) is 1. The molecule has 1 heterocycles. The third-order valence-corrected chi connectivity index (χ3v) is 4.48. The van der Waals surface area contributed by atoms with Crippen LogP contribution in [0.25, 0.3) is 0 Å². The lowest BCUT2D eigenvalue weighted by atomic mass is 9.96. The van der Waals surface area contributed by atoms with Gasteiger partial charge in [-0.2, -0.15) is 0 Å². The van der Waals surface area contributed by atoms with Crippen molar-refractivity contribution in [2.45, 2.75) is 51.0 Å². The Kier molecular flexibility index (Phi) is 5.70. The molecule has 1 unspecified atom stereocenters. The van der Waals surface area contributed by atoms with E-state index in [-0.39, 0.29) is 0 Å². The van der Waals surface area contributed by atoms with Crippen molar-refractivity contribution in [3.63, 3.8) is 0 Å². The van der Waals surface area contributed by atoms with E-state index in [0.29, 0.717) is 6.04 Å². The molecule has 0 aromatic heterocycles. The molecule has 1 atom stereocenters. The van der Waals surface area contributed by atoms with Gasteiger partial charge in [-0.1, -0.05) is 19.3 Å². The third-order valence-electron chi connectivity index (χ3n) is 4.21. The van der Waals surface area contributed by atoms with Crippen LogP contribution in [0, 0.1) is 5.92 Å². The second kappa shape index (κ2) is 7.29.